The Bertz CT molecular complexity index is 1230. The first-order valence-electron chi connectivity index (χ1n) is 10.5. The number of ether oxygens (including phenoxy) is 2. The normalized spacial score (nSPS) is 14.5. The number of rotatable bonds is 7. The first kappa shape index (κ1) is 24.0. The third kappa shape index (κ3) is 4.50. The summed E-state index contributed by atoms with van der Waals surface area (Å²) in [6, 6.07) is 16.1. The number of imide groups is 1. The number of amides is 4. The van der Waals surface area contributed by atoms with E-state index >= 15 is 0 Å². The highest BCUT2D eigenvalue weighted by atomic mass is 35.5. The molecule has 1 aliphatic rings. The van der Waals surface area contributed by atoms with Gasteiger partial charge in [0.15, 0.2) is 5.54 Å². The molecule has 10 heteroatoms. The fraction of sp³-hybridized carbons (Fsp3) is 0.160. The van der Waals surface area contributed by atoms with Crippen LogP contribution in [0.1, 0.15) is 11.1 Å². The van der Waals surface area contributed by atoms with E-state index in [1.165, 1.54) is 20.3 Å². The van der Waals surface area contributed by atoms with Crippen molar-refractivity contribution in [3.63, 3.8) is 0 Å². The Balaban J connectivity index is 1.67. The molecule has 0 aliphatic carbocycles. The average molecular weight is 498 g/mol. The monoisotopic (exact) mass is 497 g/mol. The zero-order chi connectivity index (χ0) is 25.2. The van der Waals surface area contributed by atoms with Crippen LogP contribution in [0.4, 0.5) is 14.9 Å². The number of anilines is 1. The number of carbonyl (C=O) groups excluding carboxylic acids is 3. The minimum atomic E-state index is -1.58. The van der Waals surface area contributed by atoms with Gasteiger partial charge in [0, 0.05) is 0 Å². The fourth-order valence-electron chi connectivity index (χ4n) is 3.88. The number of halogens is 2. The summed E-state index contributed by atoms with van der Waals surface area (Å²) in [7, 11) is 3.04. The number of nitrogens with one attached hydrogen (secondary N) is 2. The molecular weight excluding hydrogens is 477 g/mol. The van der Waals surface area contributed by atoms with Crippen LogP contribution in [0.15, 0.2) is 66.7 Å². The number of methoxy groups -OCH3 is 2. The van der Waals surface area contributed by atoms with Crippen LogP contribution in [0.3, 0.4) is 0 Å². The van der Waals surface area contributed by atoms with E-state index in [0.29, 0.717) is 22.6 Å². The van der Waals surface area contributed by atoms with Crippen molar-refractivity contribution in [3.8, 4) is 11.5 Å². The van der Waals surface area contributed by atoms with E-state index in [2.05, 4.69) is 10.6 Å². The van der Waals surface area contributed by atoms with Gasteiger partial charge in [-0.3, -0.25) is 14.5 Å². The molecule has 0 atom stereocenters. The fourth-order valence-corrected chi connectivity index (χ4v) is 4.10. The van der Waals surface area contributed by atoms with Gasteiger partial charge in [0.2, 0.25) is 5.91 Å². The van der Waals surface area contributed by atoms with Crippen LogP contribution in [0.5, 0.6) is 11.5 Å². The van der Waals surface area contributed by atoms with Crippen molar-refractivity contribution in [1.82, 2.24) is 10.2 Å². The maximum atomic E-state index is 13.8. The van der Waals surface area contributed by atoms with Crippen molar-refractivity contribution in [1.29, 1.82) is 0 Å². The summed E-state index contributed by atoms with van der Waals surface area (Å²) in [6.45, 7) is -0.577. The summed E-state index contributed by atoms with van der Waals surface area (Å²) in [5, 5.41) is 5.25. The van der Waals surface area contributed by atoms with Crippen molar-refractivity contribution in [2.75, 3.05) is 26.1 Å². The Kier molecular flexibility index (Phi) is 6.61. The topological polar surface area (TPSA) is 97.0 Å². The molecule has 3 aromatic carbocycles. The highest BCUT2D eigenvalue weighted by Gasteiger charge is 2.54. The molecule has 0 radical (unpaired) electrons. The molecule has 0 saturated carbocycles. The summed E-state index contributed by atoms with van der Waals surface area (Å²) in [6.07, 6.45) is 0. The molecule has 3 aromatic rings. The van der Waals surface area contributed by atoms with Gasteiger partial charge in [0.25, 0.3) is 5.91 Å². The summed E-state index contributed by atoms with van der Waals surface area (Å²) >= 11 is 5.97. The molecule has 1 fully saturated rings. The SMILES string of the molecule is COc1ccc(C2(c3ccc(OC)cc3)NC(=O)N(CC(=O)Nc3ccc(F)cc3Cl)C2=O)cc1. The molecule has 1 heterocycles. The number of hydrogen-bond donors (Lipinski definition) is 2. The second kappa shape index (κ2) is 9.63. The van der Waals surface area contributed by atoms with Crippen molar-refractivity contribution >= 4 is 35.1 Å². The zero-order valence-electron chi connectivity index (χ0n) is 18.8. The van der Waals surface area contributed by atoms with Crippen LogP contribution in [0.2, 0.25) is 5.02 Å². The molecule has 4 amide bonds. The third-order valence-corrected chi connectivity index (χ3v) is 5.97. The van der Waals surface area contributed by atoms with Gasteiger partial charge >= 0.3 is 6.03 Å². The first-order chi connectivity index (χ1) is 16.8. The lowest BCUT2D eigenvalue weighted by atomic mass is 9.82. The summed E-state index contributed by atoms with van der Waals surface area (Å²) in [5.74, 6) is -0.739. The molecule has 4 rings (SSSR count). The number of benzene rings is 3. The lowest BCUT2D eigenvalue weighted by Crippen LogP contribution is -2.45. The molecule has 0 unspecified atom stereocenters. The van der Waals surface area contributed by atoms with Gasteiger partial charge in [-0.25, -0.2) is 9.18 Å². The highest BCUT2D eigenvalue weighted by molar-refractivity contribution is 6.33. The molecule has 1 saturated heterocycles. The number of carbonyl (C=O) groups is 3. The summed E-state index contributed by atoms with van der Waals surface area (Å²) in [5.41, 5.74) is -0.469. The molecule has 8 nitrogen and oxygen atoms in total. The number of urea groups is 1. The van der Waals surface area contributed by atoms with E-state index in [4.69, 9.17) is 21.1 Å². The molecular formula is C25H21ClFN3O5. The maximum absolute atomic E-state index is 13.8. The Morgan fingerprint density at radius 2 is 1.51 bits per heavy atom. The second-order valence-electron chi connectivity index (χ2n) is 7.70. The summed E-state index contributed by atoms with van der Waals surface area (Å²) in [4.78, 5) is 40.3. The predicted molar refractivity (Wildman–Crippen MR) is 127 cm³/mol. The van der Waals surface area contributed by atoms with E-state index in [1.807, 2.05) is 0 Å². The van der Waals surface area contributed by atoms with Crippen LogP contribution < -0.4 is 20.1 Å². The van der Waals surface area contributed by atoms with Gasteiger partial charge in [-0.1, -0.05) is 35.9 Å². The minimum absolute atomic E-state index is 0.0126. The van der Waals surface area contributed by atoms with Crippen LogP contribution in [0, 0.1) is 5.82 Å². The molecule has 0 aromatic heterocycles. The Morgan fingerprint density at radius 3 is 2.00 bits per heavy atom. The van der Waals surface area contributed by atoms with Gasteiger partial charge < -0.3 is 20.1 Å². The maximum Gasteiger partial charge on any atom is 0.326 e. The first-order valence-corrected chi connectivity index (χ1v) is 10.8. The van der Waals surface area contributed by atoms with Crippen molar-refractivity contribution in [2.45, 2.75) is 5.54 Å². The van der Waals surface area contributed by atoms with Crippen LogP contribution in [-0.2, 0) is 15.1 Å². The summed E-state index contributed by atoms with van der Waals surface area (Å²) < 4.78 is 23.7. The van der Waals surface area contributed by atoms with E-state index in [1.54, 1.807) is 48.5 Å². The molecule has 1 aliphatic heterocycles. The second-order valence-corrected chi connectivity index (χ2v) is 8.11. The van der Waals surface area contributed by atoms with Crippen molar-refractivity contribution < 1.29 is 28.2 Å². The molecule has 180 valence electrons. The Morgan fingerprint density at radius 1 is 0.971 bits per heavy atom. The van der Waals surface area contributed by atoms with Crippen LogP contribution in [0.25, 0.3) is 0 Å². The Hall–Kier alpha value is -4.11. The van der Waals surface area contributed by atoms with Gasteiger partial charge in [-0.05, 0) is 53.6 Å². The third-order valence-electron chi connectivity index (χ3n) is 5.66. The van der Waals surface area contributed by atoms with Gasteiger partial charge in [-0.2, -0.15) is 0 Å². The van der Waals surface area contributed by atoms with E-state index in [-0.39, 0.29) is 10.7 Å². The van der Waals surface area contributed by atoms with E-state index in [9.17, 15) is 18.8 Å². The van der Waals surface area contributed by atoms with Crippen LogP contribution in [-0.4, -0.2) is 43.5 Å². The van der Waals surface area contributed by atoms with Gasteiger partial charge in [-0.15, -0.1) is 0 Å². The Labute approximate surface area is 205 Å². The van der Waals surface area contributed by atoms with Crippen molar-refractivity contribution in [2.24, 2.45) is 0 Å². The van der Waals surface area contributed by atoms with Crippen LogP contribution >= 0.6 is 11.6 Å². The highest BCUT2D eigenvalue weighted by Crippen LogP contribution is 2.37. The molecule has 2 N–H and O–H groups in total. The molecule has 0 spiro atoms. The van der Waals surface area contributed by atoms with Gasteiger partial charge in [0.1, 0.15) is 23.9 Å². The minimum Gasteiger partial charge on any atom is -0.497 e. The lowest BCUT2D eigenvalue weighted by molar-refractivity contribution is -0.133. The smallest absolute Gasteiger partial charge is 0.326 e. The number of hydrogen-bond acceptors (Lipinski definition) is 5. The quantitative estimate of drug-likeness (QED) is 0.482. The van der Waals surface area contributed by atoms with Crippen molar-refractivity contribution in [3.05, 3.63) is 88.7 Å². The predicted octanol–water partition coefficient (Wildman–Crippen LogP) is 3.93. The zero-order valence-corrected chi connectivity index (χ0v) is 19.6. The largest absolute Gasteiger partial charge is 0.497 e. The molecule has 35 heavy (non-hydrogen) atoms. The lowest BCUT2D eigenvalue weighted by Gasteiger charge is -2.28. The number of nitrogens with zero attached hydrogens (tertiary/aromatic N) is 1. The van der Waals surface area contributed by atoms with E-state index in [0.717, 1.165) is 17.0 Å². The standard InChI is InChI=1S/C25H21ClFN3O5/c1-34-18-8-3-15(4-9-18)25(16-5-10-19(35-2)11-6-16)23(32)30(24(33)29-25)14-22(31)28-21-12-7-17(27)13-20(21)26/h3-13H,14H2,1-2H3,(H,28,31)(H,29,33). The van der Waals surface area contributed by atoms with Gasteiger partial charge in [0.05, 0.1) is 24.9 Å². The molecule has 0 bridgehead atoms. The average Bonchev–Trinajstić information content (AvgIpc) is 3.11. The van der Waals surface area contributed by atoms with E-state index < -0.39 is 35.7 Å².